The van der Waals surface area contributed by atoms with Crippen molar-refractivity contribution in [2.24, 2.45) is 0 Å². The number of carbonyl (C=O) groups is 2. The van der Waals surface area contributed by atoms with Crippen molar-refractivity contribution in [3.8, 4) is 5.75 Å². The minimum Gasteiger partial charge on any atom is -0.497 e. The topological polar surface area (TPSA) is 58.6 Å². The average molecular weight is 395 g/mol. The molecule has 1 aliphatic rings. The number of methoxy groups -OCH3 is 1. The van der Waals surface area contributed by atoms with Gasteiger partial charge in [0.1, 0.15) is 5.75 Å². The molecule has 1 heterocycles. The molecule has 1 aliphatic heterocycles. The summed E-state index contributed by atoms with van der Waals surface area (Å²) in [6.45, 7) is 4.61. The van der Waals surface area contributed by atoms with Crippen LogP contribution in [-0.4, -0.2) is 43.3 Å². The summed E-state index contributed by atoms with van der Waals surface area (Å²) in [5, 5.41) is 3.04. The first kappa shape index (κ1) is 21.1. The van der Waals surface area contributed by atoms with E-state index >= 15 is 0 Å². The molecule has 29 heavy (non-hydrogen) atoms. The number of aryl methyl sites for hydroxylation is 1. The van der Waals surface area contributed by atoms with E-state index < -0.39 is 0 Å². The lowest BCUT2D eigenvalue weighted by atomic mass is 10.0. The van der Waals surface area contributed by atoms with Crippen LogP contribution in [0.5, 0.6) is 5.75 Å². The molecule has 1 atom stereocenters. The number of likely N-dealkylation sites (tertiary alicyclic amines) is 1. The third kappa shape index (κ3) is 5.91. The molecule has 5 nitrogen and oxygen atoms in total. The molecule has 1 amide bonds. The molecule has 0 aliphatic carbocycles. The molecule has 2 aromatic carbocycles. The quantitative estimate of drug-likeness (QED) is 0.655. The molecule has 3 rings (SSSR count). The fourth-order valence-electron chi connectivity index (χ4n) is 3.75. The van der Waals surface area contributed by atoms with Gasteiger partial charge in [0.05, 0.1) is 13.2 Å². The number of rotatable bonds is 9. The summed E-state index contributed by atoms with van der Waals surface area (Å²) in [6.07, 6.45) is 2.81. The summed E-state index contributed by atoms with van der Waals surface area (Å²) in [6, 6.07) is 15.7. The third-order valence-corrected chi connectivity index (χ3v) is 5.53. The lowest BCUT2D eigenvalue weighted by Gasteiger charge is -2.28. The summed E-state index contributed by atoms with van der Waals surface area (Å²) in [5.41, 5.74) is 2.95. The van der Waals surface area contributed by atoms with Gasteiger partial charge in [0.2, 0.25) is 5.91 Å². The van der Waals surface area contributed by atoms with Gasteiger partial charge in [-0.15, -0.1) is 0 Å². The average Bonchev–Trinajstić information content (AvgIpc) is 3.27. The predicted molar refractivity (Wildman–Crippen MR) is 114 cm³/mol. The van der Waals surface area contributed by atoms with Gasteiger partial charge in [-0.3, -0.25) is 14.5 Å². The Morgan fingerprint density at radius 2 is 1.66 bits per heavy atom. The standard InChI is InChI=1S/C24H30N2O3/c1-18-5-7-20(8-6-18)23(27)13-14-24(28)25-17-22(26-15-3-4-16-26)19-9-11-21(29-2)12-10-19/h5-12,22H,3-4,13-17H2,1-2H3,(H,25,28). The number of ether oxygens (including phenoxy) is 1. The number of ketones is 1. The Kier molecular flexibility index (Phi) is 7.42. The molecular weight excluding hydrogens is 364 g/mol. The van der Waals surface area contributed by atoms with Crippen LogP contribution in [0.15, 0.2) is 48.5 Å². The first-order valence-corrected chi connectivity index (χ1v) is 10.3. The van der Waals surface area contributed by atoms with E-state index in [9.17, 15) is 9.59 Å². The SMILES string of the molecule is COc1ccc(C(CNC(=O)CCC(=O)c2ccc(C)cc2)N2CCCC2)cc1. The number of Topliss-reactive ketones (excluding diaryl/α,β-unsaturated/α-hetero) is 1. The number of nitrogens with zero attached hydrogens (tertiary/aromatic N) is 1. The second kappa shape index (κ2) is 10.2. The molecule has 0 spiro atoms. The highest BCUT2D eigenvalue weighted by molar-refractivity contribution is 5.97. The third-order valence-electron chi connectivity index (χ3n) is 5.53. The Hall–Kier alpha value is -2.66. The molecule has 1 saturated heterocycles. The van der Waals surface area contributed by atoms with Crippen molar-refractivity contribution in [2.75, 3.05) is 26.7 Å². The number of benzene rings is 2. The van der Waals surface area contributed by atoms with Crippen molar-refractivity contribution in [3.63, 3.8) is 0 Å². The lowest BCUT2D eigenvalue weighted by Crippen LogP contribution is -2.36. The summed E-state index contributed by atoms with van der Waals surface area (Å²) < 4.78 is 5.25. The second-order valence-corrected chi connectivity index (χ2v) is 7.63. The Labute approximate surface area is 173 Å². The van der Waals surface area contributed by atoms with E-state index in [0.29, 0.717) is 12.1 Å². The summed E-state index contributed by atoms with van der Waals surface area (Å²) >= 11 is 0. The maximum Gasteiger partial charge on any atom is 0.220 e. The molecule has 0 radical (unpaired) electrons. The van der Waals surface area contributed by atoms with E-state index in [1.165, 1.54) is 18.4 Å². The van der Waals surface area contributed by atoms with Crippen LogP contribution in [0.3, 0.4) is 0 Å². The highest BCUT2D eigenvalue weighted by Gasteiger charge is 2.24. The largest absolute Gasteiger partial charge is 0.497 e. The molecule has 1 unspecified atom stereocenters. The number of carbonyl (C=O) groups excluding carboxylic acids is 2. The molecule has 1 N–H and O–H groups in total. The van der Waals surface area contributed by atoms with E-state index in [1.807, 2.05) is 43.3 Å². The summed E-state index contributed by atoms with van der Waals surface area (Å²) in [7, 11) is 1.66. The lowest BCUT2D eigenvalue weighted by molar-refractivity contribution is -0.121. The fourth-order valence-corrected chi connectivity index (χ4v) is 3.75. The van der Waals surface area contributed by atoms with Crippen LogP contribution in [0.1, 0.15) is 53.2 Å². The smallest absolute Gasteiger partial charge is 0.220 e. The Balaban J connectivity index is 1.54. The van der Waals surface area contributed by atoms with Gasteiger partial charge >= 0.3 is 0 Å². The summed E-state index contributed by atoms with van der Waals surface area (Å²) in [4.78, 5) is 27.1. The van der Waals surface area contributed by atoms with Gasteiger partial charge in [0.25, 0.3) is 0 Å². The van der Waals surface area contributed by atoms with E-state index in [0.717, 1.165) is 24.4 Å². The van der Waals surface area contributed by atoms with Crippen molar-refractivity contribution in [1.82, 2.24) is 10.2 Å². The molecule has 0 bridgehead atoms. The molecule has 2 aromatic rings. The zero-order valence-corrected chi connectivity index (χ0v) is 17.3. The number of hydrogen-bond donors (Lipinski definition) is 1. The minimum absolute atomic E-state index is 0.00592. The monoisotopic (exact) mass is 394 g/mol. The first-order chi connectivity index (χ1) is 14.1. The van der Waals surface area contributed by atoms with Gasteiger partial charge in [-0.1, -0.05) is 42.0 Å². The van der Waals surface area contributed by atoms with Crippen LogP contribution in [0.4, 0.5) is 0 Å². The molecule has 0 aromatic heterocycles. The van der Waals surface area contributed by atoms with E-state index in [4.69, 9.17) is 4.74 Å². The number of nitrogens with one attached hydrogen (secondary N) is 1. The molecule has 5 heteroatoms. The van der Waals surface area contributed by atoms with Crippen molar-refractivity contribution in [1.29, 1.82) is 0 Å². The van der Waals surface area contributed by atoms with Crippen molar-refractivity contribution in [3.05, 3.63) is 65.2 Å². The second-order valence-electron chi connectivity index (χ2n) is 7.63. The molecule has 1 fully saturated rings. The first-order valence-electron chi connectivity index (χ1n) is 10.3. The summed E-state index contributed by atoms with van der Waals surface area (Å²) in [5.74, 6) is 0.752. The molecular formula is C24H30N2O3. The normalized spacial score (nSPS) is 15.1. The van der Waals surface area contributed by atoms with Gasteiger partial charge in [-0.2, -0.15) is 0 Å². The highest BCUT2D eigenvalue weighted by Crippen LogP contribution is 2.26. The van der Waals surface area contributed by atoms with Crippen molar-refractivity contribution in [2.45, 2.75) is 38.6 Å². The van der Waals surface area contributed by atoms with Crippen molar-refractivity contribution >= 4 is 11.7 Å². The van der Waals surface area contributed by atoms with Crippen molar-refractivity contribution < 1.29 is 14.3 Å². The number of hydrogen-bond acceptors (Lipinski definition) is 4. The molecule has 154 valence electrons. The van der Waals surface area contributed by atoms with Gasteiger partial charge in [-0.05, 0) is 50.6 Å². The highest BCUT2D eigenvalue weighted by atomic mass is 16.5. The van der Waals surface area contributed by atoms with Gasteiger partial charge in [0, 0.05) is 24.9 Å². The van der Waals surface area contributed by atoms with E-state index in [2.05, 4.69) is 22.3 Å². The minimum atomic E-state index is -0.0804. The van der Waals surface area contributed by atoms with Crippen LogP contribution in [0, 0.1) is 6.92 Å². The maximum atomic E-state index is 12.4. The number of amides is 1. The van der Waals surface area contributed by atoms with Gasteiger partial charge in [0.15, 0.2) is 5.78 Å². The predicted octanol–water partition coefficient (Wildman–Crippen LogP) is 3.92. The van der Waals surface area contributed by atoms with Gasteiger partial charge < -0.3 is 10.1 Å². The Morgan fingerprint density at radius 1 is 1.00 bits per heavy atom. The maximum absolute atomic E-state index is 12.4. The van der Waals surface area contributed by atoms with Gasteiger partial charge in [-0.25, -0.2) is 0 Å². The van der Waals surface area contributed by atoms with E-state index in [1.54, 1.807) is 7.11 Å². The Morgan fingerprint density at radius 3 is 2.28 bits per heavy atom. The van der Waals surface area contributed by atoms with Crippen LogP contribution in [-0.2, 0) is 4.79 Å². The Bertz CT molecular complexity index is 809. The molecule has 0 saturated carbocycles. The van der Waals surface area contributed by atoms with E-state index in [-0.39, 0.29) is 30.6 Å². The zero-order chi connectivity index (χ0) is 20.6. The zero-order valence-electron chi connectivity index (χ0n) is 17.3. The van der Waals surface area contributed by atoms with Crippen LogP contribution < -0.4 is 10.1 Å². The van der Waals surface area contributed by atoms with Crippen LogP contribution in [0.2, 0.25) is 0 Å². The van der Waals surface area contributed by atoms with Crippen LogP contribution in [0.25, 0.3) is 0 Å². The van der Waals surface area contributed by atoms with Crippen LogP contribution >= 0.6 is 0 Å². The fraction of sp³-hybridized carbons (Fsp3) is 0.417.